The molecule has 0 unspecified atom stereocenters. The number of carbonyl (C=O) groups excluding carboxylic acids is 1. The van der Waals surface area contributed by atoms with Gasteiger partial charge >= 0.3 is 6.18 Å². The van der Waals surface area contributed by atoms with Crippen molar-refractivity contribution in [1.29, 1.82) is 0 Å². The predicted octanol–water partition coefficient (Wildman–Crippen LogP) is 6.04. The largest absolute Gasteiger partial charge is 0.416 e. The van der Waals surface area contributed by atoms with Gasteiger partial charge in [-0.3, -0.25) is 4.79 Å². The first kappa shape index (κ1) is 22.2. The van der Waals surface area contributed by atoms with Crippen LogP contribution in [0.2, 0.25) is 0 Å². The van der Waals surface area contributed by atoms with Gasteiger partial charge in [0, 0.05) is 31.4 Å². The minimum Gasteiger partial charge on any atom is -0.345 e. The number of rotatable bonds is 9. The molecule has 0 bridgehead atoms. The number of nitrogens with zero attached hydrogens (tertiary/aromatic N) is 2. The van der Waals surface area contributed by atoms with Gasteiger partial charge in [-0.15, -0.1) is 6.58 Å². The first-order valence-electron chi connectivity index (χ1n) is 10.6. The number of benzene rings is 1. The standard InChI is InChI=1S/C24H29F3N2O/c1-2-14-29(23(30)13-12-19-7-3-4-8-19)18-22-11-6-15-28(22)17-20-9-5-10-21(16-20)24(25,26)27/h2,5-6,9-11,15-16,19H,1,3-4,7-8,12-14,17-18H2. The predicted molar refractivity (Wildman–Crippen MR) is 112 cm³/mol. The molecule has 6 heteroatoms. The lowest BCUT2D eigenvalue weighted by molar-refractivity contribution is -0.137. The van der Waals surface area contributed by atoms with Gasteiger partial charge in [-0.2, -0.15) is 13.2 Å². The minimum atomic E-state index is -4.36. The number of amides is 1. The fraction of sp³-hybridized carbons (Fsp3) is 0.458. The molecule has 2 aromatic rings. The average Bonchev–Trinajstić information content (AvgIpc) is 3.38. The van der Waals surface area contributed by atoms with Crippen molar-refractivity contribution < 1.29 is 18.0 Å². The molecule has 0 spiro atoms. The fourth-order valence-corrected chi connectivity index (χ4v) is 4.18. The van der Waals surface area contributed by atoms with Gasteiger partial charge in [-0.25, -0.2) is 0 Å². The van der Waals surface area contributed by atoms with Crippen LogP contribution in [0.15, 0.2) is 55.3 Å². The average molecular weight is 419 g/mol. The van der Waals surface area contributed by atoms with E-state index in [1.165, 1.54) is 37.8 Å². The molecule has 0 saturated heterocycles. The van der Waals surface area contributed by atoms with Gasteiger partial charge in [0.2, 0.25) is 5.91 Å². The lowest BCUT2D eigenvalue weighted by atomic mass is 10.0. The summed E-state index contributed by atoms with van der Waals surface area (Å²) in [5.41, 5.74) is 0.817. The quantitative estimate of drug-likeness (QED) is 0.456. The molecule has 1 heterocycles. The number of aromatic nitrogens is 1. The van der Waals surface area contributed by atoms with E-state index in [0.29, 0.717) is 37.5 Å². The molecule has 0 N–H and O–H groups in total. The van der Waals surface area contributed by atoms with E-state index in [-0.39, 0.29) is 5.91 Å². The summed E-state index contributed by atoms with van der Waals surface area (Å²) >= 11 is 0. The topological polar surface area (TPSA) is 25.2 Å². The Bertz CT molecular complexity index is 850. The van der Waals surface area contributed by atoms with Crippen LogP contribution >= 0.6 is 0 Å². The van der Waals surface area contributed by atoms with Crippen LogP contribution in [-0.2, 0) is 24.1 Å². The summed E-state index contributed by atoms with van der Waals surface area (Å²) in [6.07, 6.45) is 5.62. The van der Waals surface area contributed by atoms with Crippen molar-refractivity contribution in [1.82, 2.24) is 9.47 Å². The Hall–Kier alpha value is -2.50. The molecule has 0 atom stereocenters. The second-order valence-electron chi connectivity index (χ2n) is 8.08. The Balaban J connectivity index is 1.66. The number of carbonyl (C=O) groups is 1. The van der Waals surface area contributed by atoms with Crippen molar-refractivity contribution in [3.05, 3.63) is 72.1 Å². The number of halogens is 3. The molecule has 1 aromatic heterocycles. The summed E-state index contributed by atoms with van der Waals surface area (Å²) in [6.45, 7) is 4.96. The smallest absolute Gasteiger partial charge is 0.345 e. The SMILES string of the molecule is C=CCN(Cc1cccn1Cc1cccc(C(F)(F)F)c1)C(=O)CCC1CCCC1. The third kappa shape index (κ3) is 6.00. The summed E-state index contributed by atoms with van der Waals surface area (Å²) in [5.74, 6) is 0.762. The third-order valence-electron chi connectivity index (χ3n) is 5.83. The molecule has 0 radical (unpaired) electrons. The molecule has 1 aliphatic rings. The zero-order valence-corrected chi connectivity index (χ0v) is 17.2. The summed E-state index contributed by atoms with van der Waals surface area (Å²) in [7, 11) is 0. The molecular formula is C24H29F3N2O. The summed E-state index contributed by atoms with van der Waals surface area (Å²) in [4.78, 5) is 14.6. The molecule has 1 aromatic carbocycles. The first-order valence-corrected chi connectivity index (χ1v) is 10.6. The maximum absolute atomic E-state index is 13.0. The van der Waals surface area contributed by atoms with E-state index in [0.717, 1.165) is 18.2 Å². The van der Waals surface area contributed by atoms with Crippen LogP contribution in [0.3, 0.4) is 0 Å². The Kier molecular flexibility index (Phi) is 7.40. The Morgan fingerprint density at radius 2 is 1.97 bits per heavy atom. The molecule has 1 aliphatic carbocycles. The van der Waals surface area contributed by atoms with Crippen molar-refractivity contribution in [3.63, 3.8) is 0 Å². The zero-order valence-electron chi connectivity index (χ0n) is 17.2. The van der Waals surface area contributed by atoms with E-state index < -0.39 is 11.7 Å². The Morgan fingerprint density at radius 1 is 1.20 bits per heavy atom. The molecule has 3 rings (SSSR count). The second kappa shape index (κ2) is 10.0. The Labute approximate surface area is 176 Å². The van der Waals surface area contributed by atoms with E-state index in [1.54, 1.807) is 17.0 Å². The van der Waals surface area contributed by atoms with Gasteiger partial charge in [-0.05, 0) is 42.2 Å². The highest BCUT2D eigenvalue weighted by Gasteiger charge is 2.30. The molecule has 3 nitrogen and oxygen atoms in total. The van der Waals surface area contributed by atoms with Crippen molar-refractivity contribution in [2.75, 3.05) is 6.54 Å². The maximum Gasteiger partial charge on any atom is 0.416 e. The zero-order chi connectivity index (χ0) is 21.6. The minimum absolute atomic E-state index is 0.105. The molecule has 0 aliphatic heterocycles. The van der Waals surface area contributed by atoms with E-state index in [1.807, 2.05) is 22.9 Å². The van der Waals surface area contributed by atoms with E-state index in [9.17, 15) is 18.0 Å². The molecule has 1 fully saturated rings. The van der Waals surface area contributed by atoms with Crippen LogP contribution in [0, 0.1) is 5.92 Å². The van der Waals surface area contributed by atoms with Crippen molar-refractivity contribution >= 4 is 5.91 Å². The van der Waals surface area contributed by atoms with Crippen LogP contribution in [0.25, 0.3) is 0 Å². The summed E-state index contributed by atoms with van der Waals surface area (Å²) in [5, 5.41) is 0. The highest BCUT2D eigenvalue weighted by Crippen LogP contribution is 2.30. The second-order valence-corrected chi connectivity index (χ2v) is 8.08. The molecule has 1 amide bonds. The highest BCUT2D eigenvalue weighted by molar-refractivity contribution is 5.76. The van der Waals surface area contributed by atoms with E-state index in [4.69, 9.17) is 0 Å². The summed E-state index contributed by atoms with van der Waals surface area (Å²) in [6, 6.07) is 9.14. The lowest BCUT2D eigenvalue weighted by Crippen LogP contribution is -2.31. The highest BCUT2D eigenvalue weighted by atomic mass is 19.4. The van der Waals surface area contributed by atoms with Crippen molar-refractivity contribution in [2.45, 2.75) is 57.8 Å². The van der Waals surface area contributed by atoms with Gasteiger partial charge in [0.1, 0.15) is 0 Å². The Morgan fingerprint density at radius 3 is 2.67 bits per heavy atom. The number of alkyl halides is 3. The molecular weight excluding hydrogens is 389 g/mol. The lowest BCUT2D eigenvalue weighted by Gasteiger charge is -2.23. The van der Waals surface area contributed by atoms with Gasteiger partial charge < -0.3 is 9.47 Å². The molecule has 30 heavy (non-hydrogen) atoms. The molecule has 1 saturated carbocycles. The summed E-state index contributed by atoms with van der Waals surface area (Å²) < 4.78 is 40.9. The number of hydrogen-bond acceptors (Lipinski definition) is 1. The van der Waals surface area contributed by atoms with Crippen LogP contribution in [-0.4, -0.2) is 21.9 Å². The van der Waals surface area contributed by atoms with Crippen LogP contribution < -0.4 is 0 Å². The maximum atomic E-state index is 13.0. The third-order valence-corrected chi connectivity index (χ3v) is 5.83. The first-order chi connectivity index (χ1) is 14.4. The van der Waals surface area contributed by atoms with Gasteiger partial charge in [0.15, 0.2) is 0 Å². The van der Waals surface area contributed by atoms with Crippen molar-refractivity contribution in [2.24, 2.45) is 5.92 Å². The van der Waals surface area contributed by atoms with Gasteiger partial charge in [0.05, 0.1) is 12.1 Å². The monoisotopic (exact) mass is 418 g/mol. The number of hydrogen-bond donors (Lipinski definition) is 0. The fourth-order valence-electron chi connectivity index (χ4n) is 4.18. The van der Waals surface area contributed by atoms with E-state index in [2.05, 4.69) is 6.58 Å². The molecule has 162 valence electrons. The van der Waals surface area contributed by atoms with Gasteiger partial charge in [-0.1, -0.05) is 43.9 Å². The van der Waals surface area contributed by atoms with Crippen LogP contribution in [0.5, 0.6) is 0 Å². The van der Waals surface area contributed by atoms with Crippen molar-refractivity contribution in [3.8, 4) is 0 Å². The van der Waals surface area contributed by atoms with Crippen LogP contribution in [0.4, 0.5) is 13.2 Å². The van der Waals surface area contributed by atoms with Gasteiger partial charge in [0.25, 0.3) is 0 Å². The van der Waals surface area contributed by atoms with Crippen LogP contribution in [0.1, 0.15) is 55.3 Å². The van der Waals surface area contributed by atoms with E-state index >= 15 is 0 Å². The normalized spacial score (nSPS) is 14.8.